The van der Waals surface area contributed by atoms with Crippen molar-refractivity contribution in [1.82, 2.24) is 4.90 Å². The number of hydrogen-bond donors (Lipinski definition) is 1. The summed E-state index contributed by atoms with van der Waals surface area (Å²) in [4.78, 5) is 49.7. The van der Waals surface area contributed by atoms with Crippen molar-refractivity contribution in [3.8, 4) is 0 Å². The molecule has 0 aliphatic heterocycles. The Morgan fingerprint density at radius 2 is 1.53 bits per heavy atom. The van der Waals surface area contributed by atoms with Crippen LogP contribution in [0.15, 0.2) is 42.5 Å². The van der Waals surface area contributed by atoms with Crippen molar-refractivity contribution in [2.45, 2.75) is 38.5 Å². The molecule has 0 fully saturated rings. The van der Waals surface area contributed by atoms with Gasteiger partial charge in [0.1, 0.15) is 0 Å². The second-order valence-corrected chi connectivity index (χ2v) is 8.10. The van der Waals surface area contributed by atoms with Gasteiger partial charge in [-0.05, 0) is 67.1 Å². The number of hydrogen-bond acceptors (Lipinski definition) is 5. The molecule has 0 bridgehead atoms. The van der Waals surface area contributed by atoms with E-state index in [1.165, 1.54) is 22.4 Å². The largest absolute Gasteiger partial charge is 0.456 e. The van der Waals surface area contributed by atoms with Gasteiger partial charge in [-0.15, -0.1) is 0 Å². The molecule has 0 saturated heterocycles. The molecule has 0 spiro atoms. The van der Waals surface area contributed by atoms with Crippen LogP contribution in [0.25, 0.3) is 0 Å². The van der Waals surface area contributed by atoms with E-state index < -0.39 is 18.5 Å². The molecule has 2 aromatic carbocycles. The van der Waals surface area contributed by atoms with Crippen LogP contribution in [0.2, 0.25) is 0 Å². The van der Waals surface area contributed by atoms with E-state index in [0.717, 1.165) is 19.3 Å². The molecule has 7 nitrogen and oxygen atoms in total. The number of rotatable bonds is 8. The Kier molecular flexibility index (Phi) is 7.76. The van der Waals surface area contributed by atoms with Gasteiger partial charge in [0, 0.05) is 37.3 Å². The number of benzene rings is 2. The molecule has 0 unspecified atom stereocenters. The summed E-state index contributed by atoms with van der Waals surface area (Å²) in [6, 6.07) is 12.2. The lowest BCUT2D eigenvalue weighted by atomic mass is 9.89. The zero-order valence-electron chi connectivity index (χ0n) is 18.5. The Hall–Kier alpha value is -3.48. The highest BCUT2D eigenvalue weighted by molar-refractivity contribution is 5.98. The van der Waals surface area contributed by atoms with Crippen molar-refractivity contribution in [3.05, 3.63) is 64.7 Å². The maximum absolute atomic E-state index is 12.4. The quantitative estimate of drug-likeness (QED) is 0.506. The van der Waals surface area contributed by atoms with E-state index in [1.807, 2.05) is 18.2 Å². The number of nitrogens with one attached hydrogen (secondary N) is 1. The van der Waals surface area contributed by atoms with E-state index >= 15 is 0 Å². The predicted molar refractivity (Wildman–Crippen MR) is 121 cm³/mol. The molecule has 7 heteroatoms. The Morgan fingerprint density at radius 3 is 2.22 bits per heavy atom. The van der Waals surface area contributed by atoms with Gasteiger partial charge in [-0.2, -0.15) is 0 Å². The van der Waals surface area contributed by atoms with Crippen LogP contribution in [0.4, 0.5) is 5.69 Å². The summed E-state index contributed by atoms with van der Waals surface area (Å²) < 4.78 is 4.98. The van der Waals surface area contributed by atoms with Gasteiger partial charge in [-0.3, -0.25) is 19.2 Å². The van der Waals surface area contributed by atoms with E-state index in [2.05, 4.69) is 5.32 Å². The fraction of sp³-hybridized carbons (Fsp3) is 0.360. The number of ketones is 1. The SMILES string of the molecule is CN(C)C(=O)c1ccc(NC(=O)COC(=O)CCC(=O)c2ccc3c(c2)CCCC3)cc1. The van der Waals surface area contributed by atoms with Crippen molar-refractivity contribution in [2.75, 3.05) is 26.0 Å². The second kappa shape index (κ2) is 10.7. The molecule has 1 N–H and O–H groups in total. The van der Waals surface area contributed by atoms with Crippen molar-refractivity contribution in [2.24, 2.45) is 0 Å². The summed E-state index contributed by atoms with van der Waals surface area (Å²) >= 11 is 0. The number of anilines is 1. The van der Waals surface area contributed by atoms with E-state index in [9.17, 15) is 19.2 Å². The average molecular weight is 437 g/mol. The van der Waals surface area contributed by atoms with Crippen LogP contribution in [0, 0.1) is 0 Å². The van der Waals surface area contributed by atoms with Gasteiger partial charge in [0.15, 0.2) is 12.4 Å². The second-order valence-electron chi connectivity index (χ2n) is 8.10. The standard InChI is InChI=1S/C25H28N2O5/c1-27(2)25(31)18-9-11-21(12-10-18)26-23(29)16-32-24(30)14-13-22(28)20-8-7-17-5-3-4-6-19(17)15-20/h7-12,15H,3-6,13-14,16H2,1-2H3,(H,26,29). The Bertz CT molecular complexity index is 1010. The molecule has 1 aliphatic carbocycles. The first kappa shape index (κ1) is 23.2. The Morgan fingerprint density at radius 1 is 0.875 bits per heavy atom. The minimum atomic E-state index is -0.599. The molecule has 0 saturated carbocycles. The van der Waals surface area contributed by atoms with Crippen molar-refractivity contribution < 1.29 is 23.9 Å². The number of carbonyl (C=O) groups is 4. The maximum atomic E-state index is 12.4. The van der Waals surface area contributed by atoms with Crippen LogP contribution in [0.3, 0.4) is 0 Å². The normalized spacial score (nSPS) is 12.4. The molecular formula is C25H28N2O5. The highest BCUT2D eigenvalue weighted by Crippen LogP contribution is 2.23. The maximum Gasteiger partial charge on any atom is 0.306 e. The van der Waals surface area contributed by atoms with Gasteiger partial charge < -0.3 is 15.0 Å². The summed E-state index contributed by atoms with van der Waals surface area (Å²) in [5, 5.41) is 2.60. The number of amides is 2. The third kappa shape index (κ3) is 6.26. The highest BCUT2D eigenvalue weighted by atomic mass is 16.5. The Labute approximate surface area is 187 Å². The average Bonchev–Trinajstić information content (AvgIpc) is 2.80. The minimum absolute atomic E-state index is 0.0423. The van der Waals surface area contributed by atoms with E-state index in [0.29, 0.717) is 16.8 Å². The zero-order chi connectivity index (χ0) is 23.1. The van der Waals surface area contributed by atoms with Crippen LogP contribution < -0.4 is 5.32 Å². The summed E-state index contributed by atoms with van der Waals surface area (Å²) in [7, 11) is 3.32. The number of esters is 1. The number of fused-ring (bicyclic) bond motifs is 1. The van der Waals surface area contributed by atoms with Crippen molar-refractivity contribution in [3.63, 3.8) is 0 Å². The van der Waals surface area contributed by atoms with E-state index in [4.69, 9.17) is 4.74 Å². The topological polar surface area (TPSA) is 92.8 Å². The fourth-order valence-corrected chi connectivity index (χ4v) is 3.64. The third-order valence-corrected chi connectivity index (χ3v) is 5.41. The monoisotopic (exact) mass is 436 g/mol. The third-order valence-electron chi connectivity index (χ3n) is 5.41. The van der Waals surface area contributed by atoms with Crippen LogP contribution in [-0.2, 0) is 27.2 Å². The first-order valence-corrected chi connectivity index (χ1v) is 10.8. The number of carbonyl (C=O) groups excluding carboxylic acids is 4. The molecule has 3 rings (SSSR count). The Balaban J connectivity index is 1.41. The molecule has 1 aliphatic rings. The zero-order valence-corrected chi connectivity index (χ0v) is 18.5. The molecule has 0 atom stereocenters. The lowest BCUT2D eigenvalue weighted by Crippen LogP contribution is -2.22. The lowest BCUT2D eigenvalue weighted by molar-refractivity contribution is -0.147. The molecule has 0 heterocycles. The van der Waals surface area contributed by atoms with E-state index in [1.54, 1.807) is 38.4 Å². The molecule has 2 amide bonds. The minimum Gasteiger partial charge on any atom is -0.456 e. The summed E-state index contributed by atoms with van der Waals surface area (Å²) in [6.45, 7) is -0.440. The van der Waals surface area contributed by atoms with Crippen molar-refractivity contribution >= 4 is 29.3 Å². The molecule has 0 radical (unpaired) electrons. The van der Waals surface area contributed by atoms with Gasteiger partial charge in [-0.25, -0.2) is 0 Å². The van der Waals surface area contributed by atoms with Gasteiger partial charge in [0.25, 0.3) is 11.8 Å². The van der Waals surface area contributed by atoms with Gasteiger partial charge in [0.2, 0.25) is 0 Å². The van der Waals surface area contributed by atoms with Crippen LogP contribution in [0.5, 0.6) is 0 Å². The first-order valence-electron chi connectivity index (χ1n) is 10.8. The summed E-state index contributed by atoms with van der Waals surface area (Å²) in [5.74, 6) is -1.33. The number of ether oxygens (including phenoxy) is 1. The summed E-state index contributed by atoms with van der Waals surface area (Å²) in [6.07, 6.45) is 4.32. The molecule has 32 heavy (non-hydrogen) atoms. The lowest BCUT2D eigenvalue weighted by Gasteiger charge is -2.16. The molecular weight excluding hydrogens is 408 g/mol. The predicted octanol–water partition coefficient (Wildman–Crippen LogP) is 3.41. The van der Waals surface area contributed by atoms with Gasteiger partial charge in [-0.1, -0.05) is 12.1 Å². The van der Waals surface area contributed by atoms with Gasteiger partial charge >= 0.3 is 5.97 Å². The van der Waals surface area contributed by atoms with Gasteiger partial charge in [0.05, 0.1) is 6.42 Å². The van der Waals surface area contributed by atoms with Crippen molar-refractivity contribution in [1.29, 1.82) is 0 Å². The van der Waals surface area contributed by atoms with Crippen LogP contribution in [-0.4, -0.2) is 49.2 Å². The summed E-state index contributed by atoms with van der Waals surface area (Å²) in [5.41, 5.74) is 4.14. The number of nitrogens with zero attached hydrogens (tertiary/aromatic N) is 1. The first-order chi connectivity index (χ1) is 15.3. The highest BCUT2D eigenvalue weighted by Gasteiger charge is 2.15. The van der Waals surface area contributed by atoms with Crippen LogP contribution in [0.1, 0.15) is 57.5 Å². The fourth-order valence-electron chi connectivity index (χ4n) is 3.64. The van der Waals surface area contributed by atoms with Crippen LogP contribution >= 0.6 is 0 Å². The van der Waals surface area contributed by atoms with E-state index in [-0.39, 0.29) is 24.5 Å². The number of Topliss-reactive ketones (excluding diaryl/α,β-unsaturated/α-hetero) is 1. The molecule has 2 aromatic rings. The molecule has 0 aromatic heterocycles. The number of aryl methyl sites for hydroxylation is 2. The molecule has 168 valence electrons. The smallest absolute Gasteiger partial charge is 0.306 e.